The molecule has 1 aromatic rings. The number of hydrogen-bond donors (Lipinski definition) is 0. The molecule has 0 heterocycles. The van der Waals surface area contributed by atoms with E-state index >= 15 is 0 Å². The second kappa shape index (κ2) is 5.03. The molecule has 0 aromatic heterocycles. The molecule has 0 aliphatic carbocycles. The van der Waals surface area contributed by atoms with Crippen molar-refractivity contribution in [2.24, 2.45) is 0 Å². The van der Waals surface area contributed by atoms with Crippen LogP contribution < -0.4 is 4.74 Å². The SMILES string of the molecule is C=C(Cl)COc1ccc(Cl)cc1C=O. The Morgan fingerprint density at radius 1 is 1.57 bits per heavy atom. The molecule has 0 aliphatic heterocycles. The van der Waals surface area contributed by atoms with Crippen molar-refractivity contribution < 1.29 is 9.53 Å². The first kappa shape index (κ1) is 11.1. The quantitative estimate of drug-likeness (QED) is 0.743. The predicted molar refractivity (Wildman–Crippen MR) is 57.3 cm³/mol. The zero-order chi connectivity index (χ0) is 10.6. The number of carbonyl (C=O) groups excluding carboxylic acids is 1. The lowest BCUT2D eigenvalue weighted by atomic mass is 10.2. The van der Waals surface area contributed by atoms with Crippen LogP contribution in [0.2, 0.25) is 5.02 Å². The summed E-state index contributed by atoms with van der Waals surface area (Å²) in [5.74, 6) is 0.450. The van der Waals surface area contributed by atoms with Gasteiger partial charge in [-0.1, -0.05) is 29.8 Å². The second-order valence-electron chi connectivity index (χ2n) is 2.61. The van der Waals surface area contributed by atoms with Crippen LogP contribution in [0, 0.1) is 0 Å². The van der Waals surface area contributed by atoms with Crippen molar-refractivity contribution in [3.63, 3.8) is 0 Å². The molecule has 0 saturated carbocycles. The van der Waals surface area contributed by atoms with Crippen molar-refractivity contribution in [1.29, 1.82) is 0 Å². The summed E-state index contributed by atoms with van der Waals surface area (Å²) >= 11 is 11.2. The molecule has 0 aliphatic rings. The van der Waals surface area contributed by atoms with Crippen molar-refractivity contribution in [2.45, 2.75) is 0 Å². The molecule has 0 N–H and O–H groups in total. The van der Waals surface area contributed by atoms with E-state index in [-0.39, 0.29) is 6.61 Å². The fraction of sp³-hybridized carbons (Fsp3) is 0.100. The van der Waals surface area contributed by atoms with Gasteiger partial charge in [0.2, 0.25) is 0 Å². The minimum atomic E-state index is 0.171. The summed E-state index contributed by atoms with van der Waals surface area (Å²) in [7, 11) is 0. The van der Waals surface area contributed by atoms with E-state index in [4.69, 9.17) is 27.9 Å². The monoisotopic (exact) mass is 230 g/mol. The van der Waals surface area contributed by atoms with Gasteiger partial charge in [-0.05, 0) is 18.2 Å². The Balaban J connectivity index is 2.85. The van der Waals surface area contributed by atoms with E-state index in [2.05, 4.69) is 6.58 Å². The molecule has 0 fully saturated rings. The number of carbonyl (C=O) groups is 1. The largest absolute Gasteiger partial charge is 0.487 e. The van der Waals surface area contributed by atoms with Crippen LogP contribution in [0.3, 0.4) is 0 Å². The summed E-state index contributed by atoms with van der Waals surface area (Å²) in [5.41, 5.74) is 0.399. The lowest BCUT2D eigenvalue weighted by Crippen LogP contribution is -1.99. The number of ether oxygens (including phenoxy) is 1. The average Bonchev–Trinajstić information content (AvgIpc) is 2.15. The maximum Gasteiger partial charge on any atom is 0.153 e. The maximum atomic E-state index is 10.6. The van der Waals surface area contributed by atoms with E-state index in [1.807, 2.05) is 0 Å². The Morgan fingerprint density at radius 3 is 2.86 bits per heavy atom. The summed E-state index contributed by atoms with van der Waals surface area (Å²) in [6.45, 7) is 3.64. The van der Waals surface area contributed by atoms with E-state index in [9.17, 15) is 4.79 Å². The highest BCUT2D eigenvalue weighted by Crippen LogP contribution is 2.21. The average molecular weight is 231 g/mol. The van der Waals surface area contributed by atoms with Gasteiger partial charge in [-0.3, -0.25) is 4.79 Å². The molecule has 0 bridgehead atoms. The van der Waals surface area contributed by atoms with Crippen LogP contribution in [-0.2, 0) is 0 Å². The van der Waals surface area contributed by atoms with Gasteiger partial charge in [0.1, 0.15) is 12.4 Å². The molecule has 74 valence electrons. The number of halogens is 2. The third-order valence-corrected chi connectivity index (χ3v) is 1.83. The van der Waals surface area contributed by atoms with E-state index in [1.165, 1.54) is 6.07 Å². The first-order chi connectivity index (χ1) is 6.63. The molecule has 0 radical (unpaired) electrons. The van der Waals surface area contributed by atoms with Crippen LogP contribution in [0.15, 0.2) is 29.8 Å². The predicted octanol–water partition coefficient (Wildman–Crippen LogP) is 3.28. The van der Waals surface area contributed by atoms with E-state index in [0.717, 1.165) is 0 Å². The molecule has 0 spiro atoms. The molecule has 2 nitrogen and oxygen atoms in total. The summed E-state index contributed by atoms with van der Waals surface area (Å²) in [4.78, 5) is 10.6. The van der Waals surface area contributed by atoms with Crippen molar-refractivity contribution in [3.05, 3.63) is 40.4 Å². The fourth-order valence-electron chi connectivity index (χ4n) is 0.899. The Morgan fingerprint density at radius 2 is 2.29 bits per heavy atom. The van der Waals surface area contributed by atoms with Gasteiger partial charge in [-0.2, -0.15) is 0 Å². The van der Waals surface area contributed by atoms with Crippen molar-refractivity contribution in [3.8, 4) is 5.75 Å². The molecule has 1 aromatic carbocycles. The van der Waals surface area contributed by atoms with Crippen molar-refractivity contribution in [2.75, 3.05) is 6.61 Å². The Bertz CT molecular complexity index is 361. The molecule has 4 heteroatoms. The van der Waals surface area contributed by atoms with Gasteiger partial charge in [0.25, 0.3) is 0 Å². The molecule has 14 heavy (non-hydrogen) atoms. The first-order valence-corrected chi connectivity index (χ1v) is 4.60. The third-order valence-electron chi connectivity index (χ3n) is 1.48. The van der Waals surface area contributed by atoms with E-state index < -0.39 is 0 Å². The number of rotatable bonds is 4. The normalized spacial score (nSPS) is 9.57. The Labute approximate surface area is 92.1 Å². The van der Waals surface area contributed by atoms with Gasteiger partial charge >= 0.3 is 0 Å². The highest BCUT2D eigenvalue weighted by atomic mass is 35.5. The summed E-state index contributed by atoms with van der Waals surface area (Å²) in [6.07, 6.45) is 0.679. The van der Waals surface area contributed by atoms with Crippen LogP contribution in [0.1, 0.15) is 10.4 Å². The van der Waals surface area contributed by atoms with Crippen LogP contribution in [-0.4, -0.2) is 12.9 Å². The molecular formula is C10H8Cl2O2. The summed E-state index contributed by atoms with van der Waals surface area (Å²) < 4.78 is 5.22. The minimum Gasteiger partial charge on any atom is -0.487 e. The molecular weight excluding hydrogens is 223 g/mol. The molecule has 1 rings (SSSR count). The van der Waals surface area contributed by atoms with Gasteiger partial charge in [0.05, 0.1) is 5.56 Å². The Kier molecular flexibility index (Phi) is 3.98. The van der Waals surface area contributed by atoms with Crippen LogP contribution in [0.4, 0.5) is 0 Å². The zero-order valence-electron chi connectivity index (χ0n) is 7.30. The van der Waals surface area contributed by atoms with Crippen LogP contribution in [0.5, 0.6) is 5.75 Å². The zero-order valence-corrected chi connectivity index (χ0v) is 8.81. The minimum absolute atomic E-state index is 0.171. The van der Waals surface area contributed by atoms with Gasteiger partial charge in [-0.15, -0.1) is 0 Å². The Hall–Kier alpha value is -0.990. The van der Waals surface area contributed by atoms with E-state index in [1.54, 1.807) is 12.1 Å². The van der Waals surface area contributed by atoms with Gasteiger partial charge in [0, 0.05) is 10.1 Å². The lowest BCUT2D eigenvalue weighted by molar-refractivity contribution is 0.112. The van der Waals surface area contributed by atoms with Crippen LogP contribution in [0.25, 0.3) is 0 Å². The highest BCUT2D eigenvalue weighted by molar-refractivity contribution is 6.31. The fourth-order valence-corrected chi connectivity index (χ4v) is 1.13. The number of benzene rings is 1. The molecule has 0 saturated heterocycles. The molecule has 0 unspecified atom stereocenters. The highest BCUT2D eigenvalue weighted by Gasteiger charge is 2.03. The maximum absolute atomic E-state index is 10.6. The lowest BCUT2D eigenvalue weighted by Gasteiger charge is -2.07. The van der Waals surface area contributed by atoms with Crippen molar-refractivity contribution >= 4 is 29.5 Å². The first-order valence-electron chi connectivity index (χ1n) is 3.84. The molecule has 0 atom stereocenters. The summed E-state index contributed by atoms with van der Waals surface area (Å²) in [5, 5.41) is 0.862. The smallest absolute Gasteiger partial charge is 0.153 e. The van der Waals surface area contributed by atoms with Crippen LogP contribution >= 0.6 is 23.2 Å². The summed E-state index contributed by atoms with van der Waals surface area (Å²) in [6, 6.07) is 4.79. The second-order valence-corrected chi connectivity index (χ2v) is 3.58. The standard InChI is InChI=1S/C10H8Cl2O2/c1-7(11)6-14-10-3-2-9(12)4-8(10)5-13/h2-5H,1,6H2. The number of aldehydes is 1. The van der Waals surface area contributed by atoms with Gasteiger partial charge in [0.15, 0.2) is 6.29 Å². The van der Waals surface area contributed by atoms with E-state index in [0.29, 0.717) is 27.7 Å². The van der Waals surface area contributed by atoms with Crippen molar-refractivity contribution in [1.82, 2.24) is 0 Å². The molecule has 0 amide bonds. The van der Waals surface area contributed by atoms with Gasteiger partial charge in [-0.25, -0.2) is 0 Å². The van der Waals surface area contributed by atoms with Gasteiger partial charge < -0.3 is 4.74 Å². The number of hydrogen-bond acceptors (Lipinski definition) is 2. The third kappa shape index (κ3) is 3.05. The topological polar surface area (TPSA) is 26.3 Å².